The predicted octanol–water partition coefficient (Wildman–Crippen LogP) is -0.587. The summed E-state index contributed by atoms with van der Waals surface area (Å²) >= 11 is 0. The van der Waals surface area contributed by atoms with Crippen LogP contribution in [0.2, 0.25) is 0 Å². The number of azide groups is 1. The van der Waals surface area contributed by atoms with Gasteiger partial charge in [-0.05, 0) is 5.53 Å². The molecule has 3 atom stereocenters. The van der Waals surface area contributed by atoms with Crippen LogP contribution in [0.3, 0.4) is 0 Å². The molecule has 2 aliphatic heterocycles. The molecule has 0 aliphatic carbocycles. The Morgan fingerprint density at radius 2 is 2.64 bits per heavy atom. The molecule has 2 amide bonds. The summed E-state index contributed by atoms with van der Waals surface area (Å²) < 4.78 is 5.25. The van der Waals surface area contributed by atoms with Gasteiger partial charge in [0.1, 0.15) is 0 Å². The molecule has 2 saturated heterocycles. The van der Waals surface area contributed by atoms with Gasteiger partial charge >= 0.3 is 6.03 Å². The number of rotatable bonds is 2. The SMILES string of the molecule is [N-]=[N+]=NC[C@@H]1CC2(O)NC(=O)NC2O1. The molecule has 2 rings (SSSR count). The van der Waals surface area contributed by atoms with Gasteiger partial charge in [0, 0.05) is 11.3 Å². The van der Waals surface area contributed by atoms with Gasteiger partial charge in [0.25, 0.3) is 0 Å². The van der Waals surface area contributed by atoms with Crippen LogP contribution in [0.25, 0.3) is 10.4 Å². The number of carbonyl (C=O) groups is 1. The van der Waals surface area contributed by atoms with Crippen molar-refractivity contribution in [2.75, 3.05) is 6.54 Å². The zero-order valence-corrected chi connectivity index (χ0v) is 7.17. The molecule has 14 heavy (non-hydrogen) atoms. The summed E-state index contributed by atoms with van der Waals surface area (Å²) in [6, 6.07) is -0.459. The lowest BCUT2D eigenvalue weighted by atomic mass is 10.1. The first-order valence-corrected chi connectivity index (χ1v) is 4.11. The number of carbonyl (C=O) groups excluding carboxylic acids is 1. The summed E-state index contributed by atoms with van der Waals surface area (Å²) in [5.41, 5.74) is 6.72. The van der Waals surface area contributed by atoms with Gasteiger partial charge in [-0.1, -0.05) is 5.11 Å². The van der Waals surface area contributed by atoms with Crippen molar-refractivity contribution in [3.05, 3.63) is 10.4 Å². The van der Waals surface area contributed by atoms with Gasteiger partial charge in [-0.2, -0.15) is 0 Å². The Morgan fingerprint density at radius 3 is 3.29 bits per heavy atom. The second-order valence-electron chi connectivity index (χ2n) is 3.28. The van der Waals surface area contributed by atoms with Crippen LogP contribution in [0, 0.1) is 0 Å². The average Bonchev–Trinajstić information content (AvgIpc) is 2.51. The van der Waals surface area contributed by atoms with E-state index >= 15 is 0 Å². The van der Waals surface area contributed by atoms with E-state index in [1.54, 1.807) is 0 Å². The number of ether oxygens (including phenoxy) is 1. The molecule has 76 valence electrons. The standard InChI is InChI=1S/C6H9N5O3/c7-11-8-2-3-1-6(13)4(14-3)9-5(12)10-6/h3-4,13H,1-2H2,(H2,9,10,12)/t3-,4?,6?/m0/s1. The zero-order chi connectivity index (χ0) is 10.2. The van der Waals surface area contributed by atoms with Crippen molar-refractivity contribution in [1.82, 2.24) is 10.6 Å². The number of fused-ring (bicyclic) bond motifs is 1. The van der Waals surface area contributed by atoms with E-state index in [0.717, 1.165) is 0 Å². The van der Waals surface area contributed by atoms with Crippen LogP contribution < -0.4 is 10.6 Å². The van der Waals surface area contributed by atoms with Crippen LogP contribution in [0.15, 0.2) is 5.11 Å². The highest BCUT2D eigenvalue weighted by molar-refractivity contribution is 5.77. The summed E-state index contributed by atoms with van der Waals surface area (Å²) in [5, 5.41) is 17.9. The Morgan fingerprint density at radius 1 is 1.86 bits per heavy atom. The van der Waals surface area contributed by atoms with Gasteiger partial charge in [0.2, 0.25) is 0 Å². The highest BCUT2D eigenvalue weighted by Gasteiger charge is 2.53. The van der Waals surface area contributed by atoms with E-state index in [-0.39, 0.29) is 19.1 Å². The maximum atomic E-state index is 10.8. The Hall–Kier alpha value is -1.50. The summed E-state index contributed by atoms with van der Waals surface area (Å²) in [7, 11) is 0. The van der Waals surface area contributed by atoms with E-state index in [9.17, 15) is 9.90 Å². The average molecular weight is 199 g/mol. The monoisotopic (exact) mass is 199 g/mol. The van der Waals surface area contributed by atoms with Gasteiger partial charge in [-0.15, -0.1) is 0 Å². The van der Waals surface area contributed by atoms with Gasteiger partial charge in [-0.25, -0.2) is 4.79 Å². The number of aliphatic hydroxyl groups is 1. The summed E-state index contributed by atoms with van der Waals surface area (Å²) in [5.74, 6) is 0. The number of urea groups is 1. The number of nitrogens with one attached hydrogen (secondary N) is 2. The van der Waals surface area contributed by atoms with Crippen molar-refractivity contribution >= 4 is 6.03 Å². The van der Waals surface area contributed by atoms with Crippen LogP contribution in [0.5, 0.6) is 0 Å². The molecule has 0 bridgehead atoms. The van der Waals surface area contributed by atoms with Crippen LogP contribution in [-0.2, 0) is 4.74 Å². The minimum atomic E-state index is -1.37. The minimum absolute atomic E-state index is 0.146. The first-order chi connectivity index (χ1) is 6.64. The highest BCUT2D eigenvalue weighted by atomic mass is 16.5. The lowest BCUT2D eigenvalue weighted by Crippen LogP contribution is -2.45. The van der Waals surface area contributed by atoms with Crippen LogP contribution in [0.4, 0.5) is 4.79 Å². The molecule has 0 spiro atoms. The minimum Gasteiger partial charge on any atom is -0.367 e. The summed E-state index contributed by atoms with van der Waals surface area (Å²) in [6.45, 7) is 0.146. The molecule has 2 fully saturated rings. The Bertz CT molecular complexity index is 315. The van der Waals surface area contributed by atoms with Crippen molar-refractivity contribution in [3.8, 4) is 0 Å². The van der Waals surface area contributed by atoms with Crippen molar-refractivity contribution in [2.45, 2.75) is 24.5 Å². The fourth-order valence-electron chi connectivity index (χ4n) is 1.66. The fourth-order valence-corrected chi connectivity index (χ4v) is 1.66. The van der Waals surface area contributed by atoms with Crippen LogP contribution in [-0.4, -0.2) is 35.7 Å². The van der Waals surface area contributed by atoms with Crippen molar-refractivity contribution in [1.29, 1.82) is 0 Å². The molecule has 2 unspecified atom stereocenters. The molecule has 3 N–H and O–H groups in total. The quantitative estimate of drug-likeness (QED) is 0.313. The maximum Gasteiger partial charge on any atom is 0.319 e. The van der Waals surface area contributed by atoms with Crippen LogP contribution >= 0.6 is 0 Å². The van der Waals surface area contributed by atoms with E-state index in [1.807, 2.05) is 0 Å². The predicted molar refractivity (Wildman–Crippen MR) is 43.9 cm³/mol. The van der Waals surface area contributed by atoms with Gasteiger partial charge < -0.3 is 20.5 Å². The first kappa shape index (κ1) is 9.07. The van der Waals surface area contributed by atoms with E-state index in [0.29, 0.717) is 0 Å². The lowest BCUT2D eigenvalue weighted by Gasteiger charge is -2.17. The molecular formula is C6H9N5O3. The normalized spacial score (nSPS) is 39.6. The van der Waals surface area contributed by atoms with Gasteiger partial charge in [0.05, 0.1) is 12.6 Å². The second-order valence-corrected chi connectivity index (χ2v) is 3.28. The molecule has 2 aliphatic rings. The largest absolute Gasteiger partial charge is 0.367 e. The Kier molecular flexibility index (Phi) is 1.95. The van der Waals surface area contributed by atoms with Crippen LogP contribution in [0.1, 0.15) is 6.42 Å². The fraction of sp³-hybridized carbons (Fsp3) is 0.833. The smallest absolute Gasteiger partial charge is 0.319 e. The zero-order valence-electron chi connectivity index (χ0n) is 7.17. The van der Waals surface area contributed by atoms with Crippen molar-refractivity contribution in [2.24, 2.45) is 5.11 Å². The summed E-state index contributed by atoms with van der Waals surface area (Å²) in [4.78, 5) is 13.4. The Labute approximate surface area is 78.9 Å². The van der Waals surface area contributed by atoms with Crippen molar-refractivity contribution in [3.63, 3.8) is 0 Å². The Balaban J connectivity index is 2.01. The number of hydrogen-bond acceptors (Lipinski definition) is 4. The molecule has 0 saturated carbocycles. The third-order valence-corrected chi connectivity index (χ3v) is 2.24. The van der Waals surface area contributed by atoms with E-state index < -0.39 is 18.0 Å². The third-order valence-electron chi connectivity index (χ3n) is 2.24. The van der Waals surface area contributed by atoms with Crippen molar-refractivity contribution < 1.29 is 14.6 Å². The molecule has 0 aromatic rings. The first-order valence-electron chi connectivity index (χ1n) is 4.11. The molecular weight excluding hydrogens is 190 g/mol. The molecule has 0 aromatic carbocycles. The van der Waals surface area contributed by atoms with Gasteiger partial charge in [0.15, 0.2) is 12.0 Å². The van der Waals surface area contributed by atoms with E-state index in [1.165, 1.54) is 0 Å². The topological polar surface area (TPSA) is 119 Å². The highest BCUT2D eigenvalue weighted by Crippen LogP contribution is 2.30. The van der Waals surface area contributed by atoms with E-state index in [4.69, 9.17) is 10.3 Å². The molecule has 8 heteroatoms. The number of nitrogens with zero attached hydrogens (tertiary/aromatic N) is 3. The number of amides is 2. The number of hydrogen-bond donors (Lipinski definition) is 3. The molecule has 0 radical (unpaired) electrons. The maximum absolute atomic E-state index is 10.8. The van der Waals surface area contributed by atoms with Gasteiger partial charge in [-0.3, -0.25) is 0 Å². The molecule has 8 nitrogen and oxygen atoms in total. The second kappa shape index (κ2) is 3.02. The third kappa shape index (κ3) is 1.35. The molecule has 2 heterocycles. The lowest BCUT2D eigenvalue weighted by molar-refractivity contribution is -0.0452. The van der Waals surface area contributed by atoms with E-state index in [2.05, 4.69) is 20.7 Å². The molecule has 0 aromatic heterocycles. The summed E-state index contributed by atoms with van der Waals surface area (Å²) in [6.07, 6.45) is -0.905.